The molecule has 0 bridgehead atoms. The van der Waals surface area contributed by atoms with Crippen molar-refractivity contribution in [1.29, 1.82) is 0 Å². The summed E-state index contributed by atoms with van der Waals surface area (Å²) in [6.45, 7) is 3.42. The third-order valence-electron chi connectivity index (χ3n) is 3.81. The first-order valence-electron chi connectivity index (χ1n) is 7.13. The van der Waals surface area contributed by atoms with Crippen molar-refractivity contribution in [1.82, 2.24) is 9.80 Å². The van der Waals surface area contributed by atoms with E-state index >= 15 is 0 Å². The van der Waals surface area contributed by atoms with Crippen molar-refractivity contribution in [3.05, 3.63) is 34.3 Å². The average molecular weight is 336 g/mol. The van der Waals surface area contributed by atoms with Gasteiger partial charge < -0.3 is 4.90 Å². The van der Waals surface area contributed by atoms with E-state index in [4.69, 9.17) is 0 Å². The van der Waals surface area contributed by atoms with Crippen LogP contribution in [0.15, 0.2) is 33.7 Å². The molecule has 5 heteroatoms. The van der Waals surface area contributed by atoms with Gasteiger partial charge in [0.1, 0.15) is 0 Å². The summed E-state index contributed by atoms with van der Waals surface area (Å²) in [5.74, 6) is 0.907. The van der Waals surface area contributed by atoms with Crippen molar-refractivity contribution in [2.45, 2.75) is 19.3 Å². The molecule has 0 aromatic heterocycles. The van der Waals surface area contributed by atoms with Crippen LogP contribution >= 0.6 is 15.9 Å². The van der Waals surface area contributed by atoms with Gasteiger partial charge in [0.15, 0.2) is 0 Å². The first kappa shape index (κ1) is 13.6. The van der Waals surface area contributed by atoms with Gasteiger partial charge in [-0.2, -0.15) is 0 Å². The van der Waals surface area contributed by atoms with Crippen molar-refractivity contribution >= 4 is 27.8 Å². The number of carbonyl (C=O) groups excluding carboxylic acids is 1. The molecule has 0 atom stereocenters. The Morgan fingerprint density at radius 1 is 1.10 bits per heavy atom. The molecule has 0 spiro atoms. The fraction of sp³-hybridized carbons (Fsp3) is 0.467. The summed E-state index contributed by atoms with van der Waals surface area (Å²) in [4.78, 5) is 21.3. The molecule has 0 N–H and O–H groups in total. The topological polar surface area (TPSA) is 35.9 Å². The molecule has 3 rings (SSSR count). The number of halogens is 1. The lowest BCUT2D eigenvalue weighted by atomic mass is 10.1. The zero-order valence-corrected chi connectivity index (χ0v) is 13.0. The van der Waals surface area contributed by atoms with Crippen LogP contribution in [0, 0.1) is 0 Å². The van der Waals surface area contributed by atoms with E-state index in [0.717, 1.165) is 23.5 Å². The number of benzene rings is 1. The Kier molecular flexibility index (Phi) is 4.05. The fourth-order valence-corrected chi connectivity index (χ4v) is 3.23. The minimum Gasteiger partial charge on any atom is -0.342 e. The second-order valence-corrected chi connectivity index (χ2v) is 6.02. The highest BCUT2D eigenvalue weighted by Crippen LogP contribution is 2.21. The third-order valence-corrected chi connectivity index (χ3v) is 4.50. The van der Waals surface area contributed by atoms with E-state index in [1.165, 1.54) is 19.3 Å². The monoisotopic (exact) mass is 335 g/mol. The minimum absolute atomic E-state index is 0.0410. The highest BCUT2D eigenvalue weighted by molar-refractivity contribution is 9.10. The Morgan fingerprint density at radius 3 is 2.60 bits per heavy atom. The smallest absolute Gasteiger partial charge is 0.261 e. The summed E-state index contributed by atoms with van der Waals surface area (Å²) in [6, 6.07) is 7.58. The number of guanidine groups is 1. The number of carbonyl (C=O) groups is 1. The van der Waals surface area contributed by atoms with Crippen molar-refractivity contribution in [3.8, 4) is 0 Å². The molecular formula is C15H18BrN3O. The number of piperidine rings is 1. The van der Waals surface area contributed by atoms with Crippen LogP contribution in [0.3, 0.4) is 0 Å². The maximum Gasteiger partial charge on any atom is 0.261 e. The van der Waals surface area contributed by atoms with Gasteiger partial charge in [0.05, 0.1) is 12.1 Å². The standard InChI is InChI=1S/C15H18BrN3O/c16-13-7-3-2-6-12(13)14(20)19-11-8-17-15(19)18-9-4-1-5-10-18/h2-3,6-7H,1,4-5,8-11H2. The van der Waals surface area contributed by atoms with E-state index in [1.54, 1.807) is 0 Å². The number of aliphatic imine (C=N–C) groups is 1. The molecule has 4 nitrogen and oxygen atoms in total. The summed E-state index contributed by atoms with van der Waals surface area (Å²) in [5.41, 5.74) is 0.708. The minimum atomic E-state index is 0.0410. The average Bonchev–Trinajstić information content (AvgIpc) is 2.97. The Morgan fingerprint density at radius 2 is 1.85 bits per heavy atom. The van der Waals surface area contributed by atoms with Gasteiger partial charge in [-0.1, -0.05) is 12.1 Å². The quantitative estimate of drug-likeness (QED) is 0.791. The molecule has 1 amide bonds. The van der Waals surface area contributed by atoms with E-state index in [1.807, 2.05) is 29.2 Å². The Hall–Kier alpha value is -1.36. The number of rotatable bonds is 1. The van der Waals surface area contributed by atoms with Crippen LogP contribution in [0.2, 0.25) is 0 Å². The normalized spacial score (nSPS) is 19.1. The molecule has 2 aliphatic rings. The van der Waals surface area contributed by atoms with Crippen LogP contribution in [0.25, 0.3) is 0 Å². The Labute approximate surface area is 127 Å². The summed E-state index contributed by atoms with van der Waals surface area (Å²) in [5, 5.41) is 0. The second kappa shape index (κ2) is 5.95. The maximum atomic E-state index is 12.7. The summed E-state index contributed by atoms with van der Waals surface area (Å²) < 4.78 is 0.842. The first-order chi connectivity index (χ1) is 9.77. The molecule has 2 heterocycles. The first-order valence-corrected chi connectivity index (χ1v) is 7.92. The highest BCUT2D eigenvalue weighted by atomic mass is 79.9. The molecule has 106 valence electrons. The SMILES string of the molecule is O=C(c1ccccc1Br)N1CCN=C1N1CCCCC1. The lowest BCUT2D eigenvalue weighted by Crippen LogP contribution is -2.47. The van der Waals surface area contributed by atoms with E-state index in [0.29, 0.717) is 18.7 Å². The van der Waals surface area contributed by atoms with Gasteiger partial charge in [0, 0.05) is 24.1 Å². The van der Waals surface area contributed by atoms with Crippen molar-refractivity contribution in [2.24, 2.45) is 4.99 Å². The van der Waals surface area contributed by atoms with Crippen LogP contribution in [-0.4, -0.2) is 47.8 Å². The molecule has 1 aromatic rings. The van der Waals surface area contributed by atoms with Crippen molar-refractivity contribution in [2.75, 3.05) is 26.2 Å². The van der Waals surface area contributed by atoms with Gasteiger partial charge in [0.2, 0.25) is 5.96 Å². The molecule has 1 saturated heterocycles. The molecule has 0 unspecified atom stereocenters. The van der Waals surface area contributed by atoms with Crippen LogP contribution in [-0.2, 0) is 0 Å². The Balaban J connectivity index is 1.81. The molecular weight excluding hydrogens is 318 g/mol. The zero-order chi connectivity index (χ0) is 13.9. The largest absolute Gasteiger partial charge is 0.342 e. The molecule has 1 aromatic carbocycles. The number of amides is 1. The highest BCUT2D eigenvalue weighted by Gasteiger charge is 2.30. The Bertz CT molecular complexity index is 538. The van der Waals surface area contributed by atoms with Crippen molar-refractivity contribution in [3.63, 3.8) is 0 Å². The number of hydrogen-bond acceptors (Lipinski definition) is 3. The van der Waals surface area contributed by atoms with Gasteiger partial charge in [0.25, 0.3) is 5.91 Å². The third kappa shape index (κ3) is 2.59. The summed E-state index contributed by atoms with van der Waals surface area (Å²) in [7, 11) is 0. The van der Waals surface area contributed by atoms with Gasteiger partial charge in [-0.25, -0.2) is 0 Å². The van der Waals surface area contributed by atoms with Crippen LogP contribution < -0.4 is 0 Å². The zero-order valence-electron chi connectivity index (χ0n) is 11.4. The molecule has 0 aliphatic carbocycles. The van der Waals surface area contributed by atoms with Crippen LogP contribution in [0.4, 0.5) is 0 Å². The van der Waals surface area contributed by atoms with E-state index in [-0.39, 0.29) is 5.91 Å². The second-order valence-electron chi connectivity index (χ2n) is 5.17. The predicted octanol–water partition coefficient (Wildman–Crippen LogP) is 2.75. The van der Waals surface area contributed by atoms with Crippen LogP contribution in [0.5, 0.6) is 0 Å². The van der Waals surface area contributed by atoms with Gasteiger partial charge in [-0.15, -0.1) is 0 Å². The summed E-state index contributed by atoms with van der Waals surface area (Å²) in [6.07, 6.45) is 3.66. The molecule has 20 heavy (non-hydrogen) atoms. The van der Waals surface area contributed by atoms with Crippen LogP contribution in [0.1, 0.15) is 29.6 Å². The van der Waals surface area contributed by atoms with E-state index in [9.17, 15) is 4.79 Å². The molecule has 0 radical (unpaired) electrons. The lowest BCUT2D eigenvalue weighted by Gasteiger charge is -2.32. The maximum absolute atomic E-state index is 12.7. The van der Waals surface area contributed by atoms with Gasteiger partial charge >= 0.3 is 0 Å². The fourth-order valence-electron chi connectivity index (χ4n) is 2.77. The number of likely N-dealkylation sites (tertiary alicyclic amines) is 1. The van der Waals surface area contributed by atoms with E-state index < -0.39 is 0 Å². The van der Waals surface area contributed by atoms with Crippen molar-refractivity contribution < 1.29 is 4.79 Å². The molecule has 2 aliphatic heterocycles. The number of nitrogens with zero attached hydrogens (tertiary/aromatic N) is 3. The van der Waals surface area contributed by atoms with Gasteiger partial charge in [-0.05, 0) is 47.3 Å². The van der Waals surface area contributed by atoms with Gasteiger partial charge in [-0.3, -0.25) is 14.7 Å². The van der Waals surface area contributed by atoms with E-state index in [2.05, 4.69) is 25.8 Å². The predicted molar refractivity (Wildman–Crippen MR) is 82.9 cm³/mol. The number of hydrogen-bond donors (Lipinski definition) is 0. The summed E-state index contributed by atoms with van der Waals surface area (Å²) >= 11 is 3.46. The molecule has 1 fully saturated rings. The lowest BCUT2D eigenvalue weighted by molar-refractivity contribution is 0.0840. The molecule has 0 saturated carbocycles.